The number of aliphatic carboxylic acids is 1. The van der Waals surface area contributed by atoms with Crippen molar-refractivity contribution in [2.45, 2.75) is 38.8 Å². The Morgan fingerprint density at radius 3 is 2.55 bits per heavy atom. The fourth-order valence-electron chi connectivity index (χ4n) is 1.61. The number of carboxylic acid groups (broad SMARTS) is 1. The molecule has 0 unspecified atom stereocenters. The number of carboxylic acids is 1. The van der Waals surface area contributed by atoms with E-state index in [1.54, 1.807) is 27.9 Å². The van der Waals surface area contributed by atoms with Gasteiger partial charge in [-0.3, -0.25) is 14.4 Å². The first-order valence-electron chi connectivity index (χ1n) is 6.75. The Morgan fingerprint density at radius 2 is 2.00 bits per heavy atom. The van der Waals surface area contributed by atoms with Crippen LogP contribution < -0.4 is 5.32 Å². The standard InChI is InChI=1S/C13H21N5O4/c1-13(2,6-5-11(20)21)14-12(22)9-7-18(16-15-9)8-10(19)17(3)4/h7H,5-6,8H2,1-4H3,(H,14,22)(H,20,21). The highest BCUT2D eigenvalue weighted by Gasteiger charge is 2.23. The molecule has 2 amide bonds. The van der Waals surface area contributed by atoms with Crippen LogP contribution in [0.5, 0.6) is 0 Å². The maximum Gasteiger partial charge on any atom is 0.303 e. The molecule has 1 aromatic rings. The normalized spacial score (nSPS) is 11.1. The Morgan fingerprint density at radius 1 is 1.36 bits per heavy atom. The molecule has 0 bridgehead atoms. The molecule has 0 saturated carbocycles. The lowest BCUT2D eigenvalue weighted by Gasteiger charge is -2.24. The van der Waals surface area contributed by atoms with E-state index in [1.165, 1.54) is 15.8 Å². The molecule has 0 radical (unpaired) electrons. The quantitative estimate of drug-likeness (QED) is 0.716. The van der Waals surface area contributed by atoms with Gasteiger partial charge in [0.05, 0.1) is 6.20 Å². The zero-order valence-electron chi connectivity index (χ0n) is 13.2. The van der Waals surface area contributed by atoms with E-state index in [4.69, 9.17) is 5.11 Å². The number of hydrogen-bond acceptors (Lipinski definition) is 5. The first-order chi connectivity index (χ1) is 10.1. The lowest BCUT2D eigenvalue weighted by molar-refractivity contribution is -0.137. The first kappa shape index (κ1) is 17.6. The van der Waals surface area contributed by atoms with Gasteiger partial charge in [-0.1, -0.05) is 5.21 Å². The fourth-order valence-corrected chi connectivity index (χ4v) is 1.61. The Labute approximate surface area is 128 Å². The average molecular weight is 311 g/mol. The Kier molecular flexibility index (Phi) is 5.61. The topological polar surface area (TPSA) is 117 Å². The summed E-state index contributed by atoms with van der Waals surface area (Å²) < 4.78 is 1.28. The Hall–Kier alpha value is -2.45. The molecule has 0 saturated heterocycles. The number of nitrogens with one attached hydrogen (secondary N) is 1. The molecule has 1 heterocycles. The van der Waals surface area contributed by atoms with Gasteiger partial charge in [0.2, 0.25) is 5.91 Å². The largest absolute Gasteiger partial charge is 0.481 e. The predicted molar refractivity (Wildman–Crippen MR) is 77.1 cm³/mol. The molecule has 1 rings (SSSR count). The number of carbonyl (C=O) groups excluding carboxylic acids is 2. The molecule has 0 aliphatic carbocycles. The van der Waals surface area contributed by atoms with Gasteiger partial charge in [0.25, 0.3) is 5.91 Å². The van der Waals surface area contributed by atoms with Gasteiger partial charge in [-0.25, -0.2) is 4.68 Å². The van der Waals surface area contributed by atoms with Gasteiger partial charge in [-0.05, 0) is 20.3 Å². The number of aromatic nitrogens is 3. The minimum atomic E-state index is -0.921. The smallest absolute Gasteiger partial charge is 0.303 e. The summed E-state index contributed by atoms with van der Waals surface area (Å²) in [6.07, 6.45) is 1.63. The first-order valence-corrected chi connectivity index (χ1v) is 6.75. The van der Waals surface area contributed by atoms with E-state index in [2.05, 4.69) is 15.6 Å². The number of hydrogen-bond donors (Lipinski definition) is 2. The van der Waals surface area contributed by atoms with Gasteiger partial charge in [0.1, 0.15) is 6.54 Å². The van der Waals surface area contributed by atoms with Crippen LogP contribution >= 0.6 is 0 Å². The zero-order chi connectivity index (χ0) is 16.9. The third-order valence-electron chi connectivity index (χ3n) is 2.98. The van der Waals surface area contributed by atoms with E-state index in [0.717, 1.165) is 0 Å². The van der Waals surface area contributed by atoms with Gasteiger partial charge in [0, 0.05) is 26.1 Å². The predicted octanol–water partition coefficient (Wildman–Crippen LogP) is -0.260. The third-order valence-corrected chi connectivity index (χ3v) is 2.98. The SMILES string of the molecule is CN(C)C(=O)Cn1cc(C(=O)NC(C)(C)CCC(=O)O)nn1. The second-order valence-electron chi connectivity index (χ2n) is 5.82. The molecular formula is C13H21N5O4. The molecule has 22 heavy (non-hydrogen) atoms. The molecule has 0 atom stereocenters. The number of likely N-dealkylation sites (N-methyl/N-ethyl adjacent to an activating group) is 1. The maximum absolute atomic E-state index is 12.1. The van der Waals surface area contributed by atoms with Crippen LogP contribution in [0.3, 0.4) is 0 Å². The van der Waals surface area contributed by atoms with Crippen molar-refractivity contribution in [3.05, 3.63) is 11.9 Å². The van der Waals surface area contributed by atoms with E-state index in [1.807, 2.05) is 0 Å². The summed E-state index contributed by atoms with van der Waals surface area (Å²) in [5, 5.41) is 18.8. The summed E-state index contributed by atoms with van der Waals surface area (Å²) in [7, 11) is 3.25. The van der Waals surface area contributed by atoms with Crippen molar-refractivity contribution in [1.29, 1.82) is 0 Å². The minimum absolute atomic E-state index is 0.00428. The summed E-state index contributed by atoms with van der Waals surface area (Å²) >= 11 is 0. The van der Waals surface area contributed by atoms with Crippen molar-refractivity contribution in [2.24, 2.45) is 0 Å². The van der Waals surface area contributed by atoms with Crippen LogP contribution in [0.1, 0.15) is 37.2 Å². The van der Waals surface area contributed by atoms with Gasteiger partial charge < -0.3 is 15.3 Å². The highest BCUT2D eigenvalue weighted by atomic mass is 16.4. The molecule has 2 N–H and O–H groups in total. The minimum Gasteiger partial charge on any atom is -0.481 e. The van der Waals surface area contributed by atoms with E-state index in [-0.39, 0.29) is 24.6 Å². The Bertz CT molecular complexity index is 565. The number of amides is 2. The molecule has 9 nitrogen and oxygen atoms in total. The summed E-state index contributed by atoms with van der Waals surface area (Å²) in [5.74, 6) is -1.55. The number of carbonyl (C=O) groups is 3. The Balaban J connectivity index is 2.64. The van der Waals surface area contributed by atoms with Gasteiger partial charge >= 0.3 is 5.97 Å². The molecule has 122 valence electrons. The highest BCUT2D eigenvalue weighted by molar-refractivity contribution is 5.92. The lowest BCUT2D eigenvalue weighted by Crippen LogP contribution is -2.43. The van der Waals surface area contributed by atoms with Crippen molar-refractivity contribution in [3.63, 3.8) is 0 Å². The second-order valence-corrected chi connectivity index (χ2v) is 5.82. The van der Waals surface area contributed by atoms with Crippen molar-refractivity contribution in [3.8, 4) is 0 Å². The number of rotatable bonds is 7. The molecule has 1 aromatic heterocycles. The van der Waals surface area contributed by atoms with Gasteiger partial charge in [0.15, 0.2) is 5.69 Å². The lowest BCUT2D eigenvalue weighted by atomic mass is 9.98. The molecule has 0 aromatic carbocycles. The van der Waals surface area contributed by atoms with Crippen LogP contribution in [0, 0.1) is 0 Å². The molecular weight excluding hydrogens is 290 g/mol. The maximum atomic E-state index is 12.1. The van der Waals surface area contributed by atoms with Crippen LogP contribution in [0.15, 0.2) is 6.20 Å². The average Bonchev–Trinajstić information content (AvgIpc) is 2.84. The van der Waals surface area contributed by atoms with Crippen LogP contribution in [-0.4, -0.2) is 62.4 Å². The van der Waals surface area contributed by atoms with Crippen molar-refractivity contribution in [1.82, 2.24) is 25.2 Å². The molecule has 0 spiro atoms. The molecule has 0 aliphatic rings. The third kappa shape index (κ3) is 5.51. The van der Waals surface area contributed by atoms with E-state index < -0.39 is 17.4 Å². The number of nitrogens with zero attached hydrogens (tertiary/aromatic N) is 4. The summed E-state index contributed by atoms with van der Waals surface area (Å²) in [6, 6.07) is 0. The van der Waals surface area contributed by atoms with Gasteiger partial charge in [-0.2, -0.15) is 0 Å². The van der Waals surface area contributed by atoms with Crippen molar-refractivity contribution >= 4 is 17.8 Å². The van der Waals surface area contributed by atoms with Crippen LogP contribution in [0.25, 0.3) is 0 Å². The van der Waals surface area contributed by atoms with E-state index in [0.29, 0.717) is 6.42 Å². The van der Waals surface area contributed by atoms with Crippen LogP contribution in [0.2, 0.25) is 0 Å². The summed E-state index contributed by atoms with van der Waals surface area (Å²) in [6.45, 7) is 3.46. The fraction of sp³-hybridized carbons (Fsp3) is 0.615. The molecule has 0 fully saturated rings. The van der Waals surface area contributed by atoms with Crippen LogP contribution in [0.4, 0.5) is 0 Å². The zero-order valence-corrected chi connectivity index (χ0v) is 13.2. The summed E-state index contributed by atoms with van der Waals surface area (Å²) in [5.41, 5.74) is -0.603. The van der Waals surface area contributed by atoms with Crippen molar-refractivity contribution < 1.29 is 19.5 Å². The van der Waals surface area contributed by atoms with Crippen molar-refractivity contribution in [2.75, 3.05) is 14.1 Å². The summed E-state index contributed by atoms with van der Waals surface area (Å²) in [4.78, 5) is 35.6. The highest BCUT2D eigenvalue weighted by Crippen LogP contribution is 2.12. The molecule has 9 heteroatoms. The van der Waals surface area contributed by atoms with E-state index in [9.17, 15) is 14.4 Å². The van der Waals surface area contributed by atoms with Gasteiger partial charge in [-0.15, -0.1) is 5.10 Å². The second kappa shape index (κ2) is 7.01. The van der Waals surface area contributed by atoms with Crippen LogP contribution in [-0.2, 0) is 16.1 Å². The van der Waals surface area contributed by atoms with E-state index >= 15 is 0 Å². The monoisotopic (exact) mass is 311 g/mol. The molecule has 0 aliphatic heterocycles.